The van der Waals surface area contributed by atoms with E-state index >= 15 is 0 Å². The molecule has 1 saturated heterocycles. The van der Waals surface area contributed by atoms with Gasteiger partial charge in [0.1, 0.15) is 12.0 Å². The lowest BCUT2D eigenvalue weighted by molar-refractivity contribution is 0.0697. The third-order valence-electron chi connectivity index (χ3n) is 4.45. The van der Waals surface area contributed by atoms with Crippen LogP contribution in [0.1, 0.15) is 28.5 Å². The summed E-state index contributed by atoms with van der Waals surface area (Å²) in [7, 11) is 0. The maximum atomic E-state index is 13.8. The molecule has 0 amide bonds. The van der Waals surface area contributed by atoms with Gasteiger partial charge in [-0.05, 0) is 30.7 Å². The van der Waals surface area contributed by atoms with Crippen LogP contribution in [-0.4, -0.2) is 35.3 Å². The van der Waals surface area contributed by atoms with E-state index in [0.717, 1.165) is 12.1 Å². The molecule has 0 aliphatic carbocycles. The molecule has 1 fully saturated rings. The van der Waals surface area contributed by atoms with E-state index in [9.17, 15) is 14.3 Å². The summed E-state index contributed by atoms with van der Waals surface area (Å²) in [5.41, 5.74) is 5.34. The third kappa shape index (κ3) is 2.90. The first-order valence-electron chi connectivity index (χ1n) is 8.00. The van der Waals surface area contributed by atoms with Crippen molar-refractivity contribution in [2.45, 2.75) is 18.6 Å². The monoisotopic (exact) mass is 344 g/mol. The van der Waals surface area contributed by atoms with Gasteiger partial charge < -0.3 is 20.2 Å². The second kappa shape index (κ2) is 6.30. The van der Waals surface area contributed by atoms with Crippen molar-refractivity contribution >= 4 is 17.3 Å². The molecule has 2 aromatic rings. The zero-order valence-corrected chi connectivity index (χ0v) is 13.3. The van der Waals surface area contributed by atoms with Crippen molar-refractivity contribution in [2.75, 3.05) is 23.5 Å². The van der Waals surface area contributed by atoms with Crippen LogP contribution in [0.2, 0.25) is 0 Å². The molecule has 7 nitrogen and oxygen atoms in total. The maximum absolute atomic E-state index is 13.8. The second-order valence-corrected chi connectivity index (χ2v) is 6.02. The highest BCUT2D eigenvalue weighted by atomic mass is 19.1. The van der Waals surface area contributed by atoms with Gasteiger partial charge in [-0.2, -0.15) is 0 Å². The molecule has 1 aromatic carbocycles. The lowest BCUT2D eigenvalue weighted by atomic mass is 10.1. The Bertz CT molecular complexity index is 810. The first-order chi connectivity index (χ1) is 12.1. The Morgan fingerprint density at radius 2 is 2.32 bits per heavy atom. The minimum atomic E-state index is -1.05. The van der Waals surface area contributed by atoms with Gasteiger partial charge in [0.2, 0.25) is 0 Å². The molecule has 25 heavy (non-hydrogen) atoms. The maximum Gasteiger partial charge on any atom is 0.337 e. The molecule has 2 aliphatic rings. The normalized spacial score (nSPS) is 22.0. The number of ether oxygens (including phenoxy) is 1. The average molecular weight is 344 g/mol. The Morgan fingerprint density at radius 1 is 1.44 bits per heavy atom. The smallest absolute Gasteiger partial charge is 0.337 e. The summed E-state index contributed by atoms with van der Waals surface area (Å²) >= 11 is 0. The van der Waals surface area contributed by atoms with Gasteiger partial charge in [-0.3, -0.25) is 4.98 Å². The fourth-order valence-electron chi connectivity index (χ4n) is 3.24. The molecule has 0 saturated carbocycles. The summed E-state index contributed by atoms with van der Waals surface area (Å²) in [6.07, 6.45) is 3.27. The van der Waals surface area contributed by atoms with Crippen LogP contribution in [0.3, 0.4) is 0 Å². The van der Waals surface area contributed by atoms with Crippen molar-refractivity contribution in [3.63, 3.8) is 0 Å². The summed E-state index contributed by atoms with van der Waals surface area (Å²) in [4.78, 5) is 15.4. The largest absolute Gasteiger partial charge is 0.478 e. The van der Waals surface area contributed by atoms with E-state index in [1.165, 1.54) is 30.6 Å². The Hall–Kier alpha value is -2.71. The number of nitrogens with zero attached hydrogens (tertiary/aromatic N) is 2. The SMILES string of the molecule is O=C(O)c1ccncc1NC1NN([C@H]2CCOC2)c2ccc(F)cc21. The number of carboxylic acid groups (broad SMARTS) is 1. The highest BCUT2D eigenvalue weighted by Gasteiger charge is 2.35. The van der Waals surface area contributed by atoms with Gasteiger partial charge in [-0.15, -0.1) is 0 Å². The topological polar surface area (TPSA) is 86.7 Å². The highest BCUT2D eigenvalue weighted by Crippen LogP contribution is 2.36. The van der Waals surface area contributed by atoms with Crippen molar-refractivity contribution in [1.82, 2.24) is 10.4 Å². The lowest BCUT2D eigenvalue weighted by Crippen LogP contribution is -2.44. The number of fused-ring (bicyclic) bond motifs is 1. The molecule has 2 atom stereocenters. The van der Waals surface area contributed by atoms with Crippen molar-refractivity contribution in [2.24, 2.45) is 0 Å². The number of nitrogens with one attached hydrogen (secondary N) is 2. The van der Waals surface area contributed by atoms with Gasteiger partial charge in [-0.25, -0.2) is 14.6 Å². The molecular formula is C17H17FN4O3. The molecule has 8 heteroatoms. The number of aromatic nitrogens is 1. The number of hydrogen-bond acceptors (Lipinski definition) is 6. The van der Waals surface area contributed by atoms with Crippen molar-refractivity contribution in [1.29, 1.82) is 0 Å². The fourth-order valence-corrected chi connectivity index (χ4v) is 3.24. The van der Waals surface area contributed by atoms with Crippen LogP contribution >= 0.6 is 0 Å². The molecular weight excluding hydrogens is 327 g/mol. The summed E-state index contributed by atoms with van der Waals surface area (Å²) < 4.78 is 19.2. The zero-order valence-electron chi connectivity index (χ0n) is 13.3. The number of hydrogen-bond donors (Lipinski definition) is 3. The molecule has 4 rings (SSSR count). The first-order valence-corrected chi connectivity index (χ1v) is 8.00. The summed E-state index contributed by atoms with van der Waals surface area (Å²) in [5, 5.41) is 14.4. The van der Waals surface area contributed by atoms with Gasteiger partial charge in [0.25, 0.3) is 0 Å². The number of carboxylic acids is 1. The van der Waals surface area contributed by atoms with Crippen LogP contribution in [-0.2, 0) is 4.74 Å². The van der Waals surface area contributed by atoms with Crippen LogP contribution < -0.4 is 15.8 Å². The average Bonchev–Trinajstić information content (AvgIpc) is 3.23. The van der Waals surface area contributed by atoms with E-state index in [2.05, 4.69) is 15.7 Å². The number of rotatable bonds is 4. The van der Waals surface area contributed by atoms with E-state index in [1.54, 1.807) is 6.07 Å². The summed E-state index contributed by atoms with van der Waals surface area (Å²) in [6, 6.07) is 6.16. The number of aromatic carboxylic acids is 1. The number of anilines is 2. The second-order valence-electron chi connectivity index (χ2n) is 6.02. The Morgan fingerprint density at radius 3 is 3.08 bits per heavy atom. The fraction of sp³-hybridized carbons (Fsp3) is 0.294. The van der Waals surface area contributed by atoms with Gasteiger partial charge in [0.15, 0.2) is 0 Å². The number of halogens is 1. The number of carbonyl (C=O) groups is 1. The molecule has 0 bridgehead atoms. The highest BCUT2D eigenvalue weighted by molar-refractivity contribution is 5.94. The van der Waals surface area contributed by atoms with Gasteiger partial charge in [0.05, 0.1) is 35.8 Å². The van der Waals surface area contributed by atoms with E-state index < -0.39 is 12.1 Å². The number of pyridine rings is 1. The quantitative estimate of drug-likeness (QED) is 0.783. The van der Waals surface area contributed by atoms with E-state index in [1.807, 2.05) is 5.01 Å². The van der Waals surface area contributed by atoms with Crippen LogP contribution in [0.5, 0.6) is 0 Å². The predicted molar refractivity (Wildman–Crippen MR) is 88.8 cm³/mol. The van der Waals surface area contributed by atoms with Crippen LogP contribution in [0.4, 0.5) is 15.8 Å². The molecule has 3 heterocycles. The minimum absolute atomic E-state index is 0.109. The number of hydrazine groups is 1. The van der Waals surface area contributed by atoms with E-state index in [-0.39, 0.29) is 17.4 Å². The molecule has 0 radical (unpaired) electrons. The standard InChI is InChI=1S/C17H17FN4O3/c18-10-1-2-15-13(7-10)16(21-22(15)11-4-6-25-9-11)20-14-8-19-5-3-12(14)17(23)24/h1-3,5,7-8,11,16,20-21H,4,6,9H2,(H,23,24)/t11-,16?/m0/s1. The molecule has 0 spiro atoms. The first kappa shape index (κ1) is 15.8. The van der Waals surface area contributed by atoms with Crippen LogP contribution in [0.15, 0.2) is 36.7 Å². The minimum Gasteiger partial charge on any atom is -0.478 e. The molecule has 1 unspecified atom stereocenters. The lowest BCUT2D eigenvalue weighted by Gasteiger charge is -2.27. The Kier molecular flexibility index (Phi) is 3.98. The van der Waals surface area contributed by atoms with Crippen LogP contribution in [0.25, 0.3) is 0 Å². The van der Waals surface area contributed by atoms with Crippen molar-refractivity contribution < 1.29 is 19.0 Å². The van der Waals surface area contributed by atoms with Gasteiger partial charge in [-0.1, -0.05) is 0 Å². The molecule has 2 aliphatic heterocycles. The van der Waals surface area contributed by atoms with Crippen molar-refractivity contribution in [3.8, 4) is 0 Å². The van der Waals surface area contributed by atoms with E-state index in [4.69, 9.17) is 4.74 Å². The van der Waals surface area contributed by atoms with Crippen molar-refractivity contribution in [3.05, 3.63) is 53.6 Å². The Labute approximate surface area is 143 Å². The third-order valence-corrected chi connectivity index (χ3v) is 4.45. The summed E-state index contributed by atoms with van der Waals surface area (Å²) in [5.74, 6) is -1.40. The molecule has 3 N–H and O–H groups in total. The molecule has 130 valence electrons. The summed E-state index contributed by atoms with van der Waals surface area (Å²) in [6.45, 7) is 1.27. The van der Waals surface area contributed by atoms with Crippen LogP contribution in [0, 0.1) is 5.82 Å². The predicted octanol–water partition coefficient (Wildman–Crippen LogP) is 2.14. The Balaban J connectivity index is 1.67. The van der Waals surface area contributed by atoms with Gasteiger partial charge in [0, 0.05) is 18.4 Å². The molecule has 1 aromatic heterocycles. The van der Waals surface area contributed by atoms with Gasteiger partial charge >= 0.3 is 5.97 Å². The zero-order chi connectivity index (χ0) is 17.4. The number of benzene rings is 1. The van der Waals surface area contributed by atoms with E-state index in [0.29, 0.717) is 24.5 Å².